The molecule has 1 fully saturated rings. The van der Waals surface area contributed by atoms with E-state index >= 15 is 0 Å². The summed E-state index contributed by atoms with van der Waals surface area (Å²) in [7, 11) is 0. The van der Waals surface area contributed by atoms with Gasteiger partial charge in [-0.15, -0.1) is 11.3 Å². The lowest BCUT2D eigenvalue weighted by Crippen LogP contribution is -2.49. The molecule has 0 aromatic carbocycles. The number of hydrogen-bond acceptors (Lipinski definition) is 5. The number of nitrogens with one attached hydrogen (secondary N) is 1. The lowest BCUT2D eigenvalue weighted by molar-refractivity contribution is -0.117. The van der Waals surface area contributed by atoms with Gasteiger partial charge in [0.1, 0.15) is 0 Å². The molecule has 2 aromatic heterocycles. The van der Waals surface area contributed by atoms with Crippen molar-refractivity contribution >= 4 is 22.4 Å². The van der Waals surface area contributed by atoms with Crippen LogP contribution in [0.3, 0.4) is 0 Å². The second-order valence-electron chi connectivity index (χ2n) is 6.28. The maximum absolute atomic E-state index is 12.2. The first-order valence-corrected chi connectivity index (χ1v) is 8.68. The topological polar surface area (TPSA) is 67.2 Å². The Hall–Kier alpha value is -1.99. The number of rotatable bonds is 3. The molecule has 1 N–H and O–H groups in total. The summed E-state index contributed by atoms with van der Waals surface area (Å²) in [6, 6.07) is 5.51. The predicted molar refractivity (Wildman–Crippen MR) is 88.7 cm³/mol. The fourth-order valence-corrected chi connectivity index (χ4v) is 4.32. The van der Waals surface area contributed by atoms with Crippen molar-refractivity contribution in [2.75, 3.05) is 25.0 Å². The molecular weight excluding hydrogens is 312 g/mol. The lowest BCUT2D eigenvalue weighted by Gasteiger charge is -2.42. The van der Waals surface area contributed by atoms with E-state index in [0.29, 0.717) is 23.5 Å². The van der Waals surface area contributed by atoms with Gasteiger partial charge in [-0.3, -0.25) is 14.5 Å². The van der Waals surface area contributed by atoms with Crippen LogP contribution in [0.2, 0.25) is 0 Å². The van der Waals surface area contributed by atoms with E-state index in [1.165, 1.54) is 11.3 Å². The standard InChI is InChI=1S/C16H18N4O2S/c21-14(18-16-17-4-5-23-16)10-19-7-11-6-12(9-19)13-2-1-3-15(22)20(13)8-11/h1-5,11-12H,6-10H2,(H,17,18,21)/t11-,12+/m0/s1. The fraction of sp³-hybridized carbons (Fsp3) is 0.438. The first kappa shape index (κ1) is 14.6. The maximum atomic E-state index is 12.2. The highest BCUT2D eigenvalue weighted by Gasteiger charge is 2.34. The number of amides is 1. The highest BCUT2D eigenvalue weighted by Crippen LogP contribution is 2.34. The normalized spacial score (nSPS) is 23.3. The van der Waals surface area contributed by atoms with Crippen molar-refractivity contribution in [3.8, 4) is 0 Å². The molecule has 0 radical (unpaired) electrons. The van der Waals surface area contributed by atoms with Crippen LogP contribution in [-0.4, -0.2) is 40.0 Å². The Kier molecular flexibility index (Phi) is 3.74. The van der Waals surface area contributed by atoms with Crippen molar-refractivity contribution in [2.24, 2.45) is 5.92 Å². The van der Waals surface area contributed by atoms with E-state index in [2.05, 4.69) is 15.2 Å². The van der Waals surface area contributed by atoms with Gasteiger partial charge in [-0.2, -0.15) is 0 Å². The van der Waals surface area contributed by atoms with Crippen molar-refractivity contribution in [3.63, 3.8) is 0 Å². The smallest absolute Gasteiger partial charge is 0.250 e. The second-order valence-corrected chi connectivity index (χ2v) is 7.17. The van der Waals surface area contributed by atoms with Crippen molar-refractivity contribution in [1.29, 1.82) is 0 Å². The molecule has 23 heavy (non-hydrogen) atoms. The monoisotopic (exact) mass is 330 g/mol. The summed E-state index contributed by atoms with van der Waals surface area (Å²) >= 11 is 1.42. The molecule has 120 valence electrons. The number of pyridine rings is 1. The van der Waals surface area contributed by atoms with E-state index in [4.69, 9.17) is 0 Å². The Labute approximate surface area is 137 Å². The molecule has 4 rings (SSSR count). The van der Waals surface area contributed by atoms with E-state index in [9.17, 15) is 9.59 Å². The van der Waals surface area contributed by atoms with Crippen LogP contribution in [-0.2, 0) is 11.3 Å². The van der Waals surface area contributed by atoms with Gasteiger partial charge >= 0.3 is 0 Å². The predicted octanol–water partition coefficient (Wildman–Crippen LogP) is 1.36. The minimum Gasteiger partial charge on any atom is -0.312 e. The first-order valence-electron chi connectivity index (χ1n) is 7.80. The van der Waals surface area contributed by atoms with E-state index < -0.39 is 0 Å². The minimum absolute atomic E-state index is 0.0228. The SMILES string of the molecule is O=C(CN1C[C@@H]2C[C@H](C1)c1cccc(=O)n1C2)Nc1nccs1. The van der Waals surface area contributed by atoms with E-state index in [1.54, 1.807) is 12.3 Å². The number of carbonyl (C=O) groups excluding carboxylic acids is 1. The number of carbonyl (C=O) groups is 1. The molecule has 0 spiro atoms. The molecule has 2 aromatic rings. The maximum Gasteiger partial charge on any atom is 0.250 e. The Morgan fingerprint density at radius 1 is 1.35 bits per heavy atom. The van der Waals surface area contributed by atoms with Gasteiger partial charge in [-0.25, -0.2) is 4.98 Å². The third kappa shape index (κ3) is 2.94. The quantitative estimate of drug-likeness (QED) is 0.923. The van der Waals surface area contributed by atoms with Crippen LogP contribution >= 0.6 is 11.3 Å². The Morgan fingerprint density at radius 2 is 2.26 bits per heavy atom. The lowest BCUT2D eigenvalue weighted by atomic mass is 9.83. The molecule has 7 heteroatoms. The number of nitrogens with zero attached hydrogens (tertiary/aromatic N) is 3. The van der Waals surface area contributed by atoms with Crippen LogP contribution in [0.5, 0.6) is 0 Å². The van der Waals surface area contributed by atoms with Crippen LogP contribution in [0.25, 0.3) is 0 Å². The highest BCUT2D eigenvalue weighted by atomic mass is 32.1. The molecule has 2 aliphatic heterocycles. The molecule has 2 atom stereocenters. The first-order chi connectivity index (χ1) is 11.2. The summed E-state index contributed by atoms with van der Waals surface area (Å²) in [6.45, 7) is 2.83. The summed E-state index contributed by atoms with van der Waals surface area (Å²) in [5.74, 6) is 0.753. The van der Waals surface area contributed by atoms with Gasteiger partial charge < -0.3 is 9.88 Å². The number of aromatic nitrogens is 2. The zero-order valence-corrected chi connectivity index (χ0v) is 13.5. The fourth-order valence-electron chi connectivity index (χ4n) is 3.77. The Balaban J connectivity index is 1.46. The van der Waals surface area contributed by atoms with Crippen molar-refractivity contribution in [2.45, 2.75) is 18.9 Å². The largest absolute Gasteiger partial charge is 0.312 e. The molecular formula is C16H18N4O2S. The van der Waals surface area contributed by atoms with Gasteiger partial charge in [-0.05, 0) is 18.4 Å². The van der Waals surface area contributed by atoms with Crippen LogP contribution < -0.4 is 10.9 Å². The third-order valence-electron chi connectivity index (χ3n) is 4.60. The molecule has 1 saturated heterocycles. The van der Waals surface area contributed by atoms with Crippen LogP contribution in [0.15, 0.2) is 34.6 Å². The minimum atomic E-state index is -0.0228. The number of likely N-dealkylation sites (tertiary alicyclic amines) is 1. The van der Waals surface area contributed by atoms with Gasteiger partial charge in [0.05, 0.1) is 6.54 Å². The summed E-state index contributed by atoms with van der Waals surface area (Å²) in [5.41, 5.74) is 1.20. The summed E-state index contributed by atoms with van der Waals surface area (Å²) < 4.78 is 1.91. The molecule has 2 aliphatic rings. The average molecular weight is 330 g/mol. The zero-order chi connectivity index (χ0) is 15.8. The molecule has 0 unspecified atom stereocenters. The number of anilines is 1. The van der Waals surface area contributed by atoms with Crippen LogP contribution in [0.1, 0.15) is 18.0 Å². The van der Waals surface area contributed by atoms with Crippen molar-refractivity contribution in [3.05, 3.63) is 45.8 Å². The summed E-state index contributed by atoms with van der Waals surface area (Å²) in [5, 5.41) is 5.32. The molecule has 6 nitrogen and oxygen atoms in total. The summed E-state index contributed by atoms with van der Waals surface area (Å²) in [6.07, 6.45) is 2.79. The third-order valence-corrected chi connectivity index (χ3v) is 5.29. The number of fused-ring (bicyclic) bond motifs is 4. The zero-order valence-electron chi connectivity index (χ0n) is 12.6. The average Bonchev–Trinajstić information content (AvgIpc) is 3.01. The van der Waals surface area contributed by atoms with Crippen molar-refractivity contribution < 1.29 is 4.79 Å². The number of thiazole rings is 1. The Morgan fingerprint density at radius 3 is 3.09 bits per heavy atom. The molecule has 1 amide bonds. The van der Waals surface area contributed by atoms with Crippen molar-refractivity contribution in [1.82, 2.24) is 14.5 Å². The van der Waals surface area contributed by atoms with Gasteiger partial charge in [0.2, 0.25) is 5.91 Å². The molecule has 0 aliphatic carbocycles. The van der Waals surface area contributed by atoms with Gasteiger partial charge in [-0.1, -0.05) is 6.07 Å². The molecule has 0 saturated carbocycles. The molecule has 4 heterocycles. The van der Waals surface area contributed by atoms with E-state index in [0.717, 1.165) is 31.7 Å². The van der Waals surface area contributed by atoms with Gasteiger partial charge in [0.15, 0.2) is 5.13 Å². The van der Waals surface area contributed by atoms with Gasteiger partial charge in [0.25, 0.3) is 5.56 Å². The van der Waals surface area contributed by atoms with Crippen LogP contribution in [0.4, 0.5) is 5.13 Å². The van der Waals surface area contributed by atoms with E-state index in [1.807, 2.05) is 22.1 Å². The van der Waals surface area contributed by atoms with Crippen LogP contribution in [0, 0.1) is 5.92 Å². The van der Waals surface area contributed by atoms with E-state index in [-0.39, 0.29) is 11.5 Å². The summed E-state index contributed by atoms with van der Waals surface area (Å²) in [4.78, 5) is 30.4. The second kappa shape index (κ2) is 5.90. The number of piperidine rings is 1. The number of hydrogen-bond donors (Lipinski definition) is 1. The molecule has 2 bridgehead atoms. The highest BCUT2D eigenvalue weighted by molar-refractivity contribution is 7.13. The Bertz CT molecular complexity index is 771. The van der Waals surface area contributed by atoms with Gasteiger partial charge in [0, 0.05) is 48.9 Å².